The van der Waals surface area contributed by atoms with Crippen LogP contribution in [0.25, 0.3) is 0 Å². The molecule has 99 heavy (non-hydrogen) atoms. The zero-order valence-corrected chi connectivity index (χ0v) is 66.2. The number of methoxy groups -OCH3 is 2. The number of cyclic esters (lactones) is 1. The summed E-state index contributed by atoms with van der Waals surface area (Å²) in [4.78, 5) is 115. The summed E-state index contributed by atoms with van der Waals surface area (Å²) < 4.78 is 67.1. The van der Waals surface area contributed by atoms with E-state index in [0.29, 0.717) is 64.8 Å². The molecular formula is C76H136O23. The lowest BCUT2D eigenvalue weighted by Crippen LogP contribution is -2.43. The zero-order chi connectivity index (χ0) is 76.8. The second-order valence-electron chi connectivity index (χ2n) is 30.7. The number of rotatable bonds is 25. The van der Waals surface area contributed by atoms with Crippen LogP contribution in [0.1, 0.15) is 307 Å². The van der Waals surface area contributed by atoms with Gasteiger partial charge in [-0.15, -0.1) is 0 Å². The molecule has 7 atom stereocenters. The number of ketones is 2. The Balaban J connectivity index is 0. The lowest BCUT2D eigenvalue weighted by atomic mass is 9.89. The highest BCUT2D eigenvalue weighted by molar-refractivity contribution is 5.83. The number of carbonyl (C=O) groups is 10. The Hall–Kier alpha value is -5.10. The van der Waals surface area contributed by atoms with Crippen LogP contribution < -0.4 is 0 Å². The van der Waals surface area contributed by atoms with Crippen LogP contribution in [0.15, 0.2) is 0 Å². The van der Waals surface area contributed by atoms with Gasteiger partial charge >= 0.3 is 47.8 Å². The van der Waals surface area contributed by atoms with Crippen LogP contribution in [0.5, 0.6) is 0 Å². The lowest BCUT2D eigenvalue weighted by Gasteiger charge is -2.35. The fourth-order valence-corrected chi connectivity index (χ4v) is 8.14. The first-order valence-electron chi connectivity index (χ1n) is 36.3. The Kier molecular flexibility index (Phi) is 45.1. The predicted molar refractivity (Wildman–Crippen MR) is 376 cm³/mol. The van der Waals surface area contributed by atoms with E-state index in [1.54, 1.807) is 21.0 Å². The molecule has 0 aromatic rings. The minimum Gasteiger partial charge on any atom is -0.465 e. The fraction of sp³-hybridized carbons (Fsp3) is 0.868. The summed E-state index contributed by atoms with van der Waals surface area (Å²) in [6.45, 7) is 47.0. The van der Waals surface area contributed by atoms with E-state index in [4.69, 9.17) is 56.8 Å². The molecule has 0 bridgehead atoms. The molecule has 23 nitrogen and oxygen atoms in total. The molecule has 0 aromatic heterocycles. The summed E-state index contributed by atoms with van der Waals surface area (Å²) in [5.74, 6) is -1.22. The van der Waals surface area contributed by atoms with Crippen LogP contribution in [0, 0.1) is 37.9 Å². The maximum atomic E-state index is 11.9. The fourth-order valence-electron chi connectivity index (χ4n) is 8.14. The van der Waals surface area contributed by atoms with Gasteiger partial charge in [0.1, 0.15) is 29.4 Å². The van der Waals surface area contributed by atoms with Crippen LogP contribution in [0.4, 0.5) is 0 Å². The molecule has 3 saturated heterocycles. The minimum atomic E-state index is -0.696. The molecule has 7 unspecified atom stereocenters. The second kappa shape index (κ2) is 46.5. The van der Waals surface area contributed by atoms with E-state index >= 15 is 0 Å². The standard InChI is InChI=1S/C12H20O4.C12H22O4.C12H20O3.C11H18O3.C11H20O3.C10H20O3.C8H16O3/c1-5-11(2,3)10(14)16-12(4)6-7-15-9(13)8-12;1-5-12(2,3)11(13)16-10-8-6-7-9(14-4)15-10;1-4-12(2,3)11(14)15-10-7-5-6-9(13)8-10;1-4-11(2,3)10(13)14-9-6-5-8(12)7-9;1-4-11(2,3)10(12)14-9-7-5-6-8-13-9;1-6-10(4,5)9(11)13-8(3)12-7-2;1-5-8(2,3)7(9)11-6-10-4/h5-8H2,1-4H3;9-10H,5-8H2,1-4H3;10H,4-8H2,1-3H3;9H,4-7H2,1-3H3;9H,4-8H2,1-3H3;8H,6-7H2,1-5H3;5-6H2,1-4H3. The van der Waals surface area contributed by atoms with Crippen LogP contribution in [-0.2, 0) is 110 Å². The van der Waals surface area contributed by atoms with Crippen molar-refractivity contribution in [3.63, 3.8) is 0 Å². The van der Waals surface area contributed by atoms with Gasteiger partial charge in [0.15, 0.2) is 19.4 Å². The Morgan fingerprint density at radius 2 is 0.889 bits per heavy atom. The van der Waals surface area contributed by atoms with Gasteiger partial charge in [-0.05, 0) is 208 Å². The molecule has 0 amide bonds. The Morgan fingerprint density at radius 1 is 0.475 bits per heavy atom. The molecule has 0 spiro atoms. The van der Waals surface area contributed by atoms with Gasteiger partial charge in [0.2, 0.25) is 12.6 Å². The number of hydrogen-bond donors (Lipinski definition) is 0. The molecule has 2 aliphatic carbocycles. The van der Waals surface area contributed by atoms with Crippen LogP contribution in [0.2, 0.25) is 0 Å². The largest absolute Gasteiger partial charge is 0.465 e. The van der Waals surface area contributed by atoms with Crippen molar-refractivity contribution < 1.29 is 110 Å². The lowest BCUT2D eigenvalue weighted by molar-refractivity contribution is -0.257. The van der Waals surface area contributed by atoms with E-state index in [2.05, 4.69) is 4.74 Å². The molecule has 3 heterocycles. The topological polar surface area (TPSA) is 291 Å². The third-order valence-electron chi connectivity index (χ3n) is 19.0. The van der Waals surface area contributed by atoms with Crippen molar-refractivity contribution in [3.05, 3.63) is 0 Å². The molecule has 5 aliphatic rings. The average molecular weight is 1420 g/mol. The van der Waals surface area contributed by atoms with Crippen molar-refractivity contribution >= 4 is 59.3 Å². The number of ether oxygens (including phenoxy) is 13. The molecule has 0 radical (unpaired) electrons. The SMILES string of the molecule is CCC(C)(C)C(=O)OC1(C)CCOC(=O)C1.CCC(C)(C)C(=O)OC1CCC(=O)C1.CCC(C)(C)C(=O)OC1CCCC(=O)C1.CCC(C)(C)C(=O)OC1CCCC(OC)O1.CCC(C)(C)C(=O)OC1CCCCO1.CCC(C)(C)C(=O)OCOC.CCOC(C)OC(=O)C(C)(C)CC. The maximum Gasteiger partial charge on any atom is 0.313 e. The predicted octanol–water partition coefficient (Wildman–Crippen LogP) is 15.5. The number of esters is 8. The molecule has 578 valence electrons. The number of hydrogen-bond acceptors (Lipinski definition) is 23. The summed E-state index contributed by atoms with van der Waals surface area (Å²) in [5, 5.41) is 0. The van der Waals surface area contributed by atoms with Crippen LogP contribution in [0.3, 0.4) is 0 Å². The van der Waals surface area contributed by atoms with E-state index in [1.807, 2.05) is 152 Å². The normalized spacial score (nSPS) is 21.5. The van der Waals surface area contributed by atoms with Gasteiger partial charge in [-0.25, -0.2) is 0 Å². The van der Waals surface area contributed by atoms with Crippen molar-refractivity contribution in [2.75, 3.05) is 40.8 Å². The van der Waals surface area contributed by atoms with Gasteiger partial charge in [0.25, 0.3) is 0 Å². The molecule has 5 fully saturated rings. The first-order chi connectivity index (χ1) is 45.7. The van der Waals surface area contributed by atoms with Gasteiger partial charge in [-0.1, -0.05) is 48.5 Å². The van der Waals surface area contributed by atoms with Crippen LogP contribution in [-0.4, -0.2) is 143 Å². The number of Topliss-reactive ketones (excluding diaryl/α,β-unsaturated/α-hetero) is 2. The monoisotopic (exact) mass is 1420 g/mol. The third-order valence-corrected chi connectivity index (χ3v) is 19.0. The molecule has 3 aliphatic heterocycles. The van der Waals surface area contributed by atoms with Gasteiger partial charge in [-0.2, -0.15) is 0 Å². The Labute approximate surface area is 595 Å². The Bertz CT molecular complexity index is 2430. The van der Waals surface area contributed by atoms with E-state index < -0.39 is 50.7 Å². The van der Waals surface area contributed by atoms with E-state index in [0.717, 1.165) is 89.9 Å². The third kappa shape index (κ3) is 38.7. The zero-order valence-electron chi connectivity index (χ0n) is 66.2. The van der Waals surface area contributed by atoms with Crippen molar-refractivity contribution in [2.24, 2.45) is 37.9 Å². The molecule has 0 N–H and O–H groups in total. The van der Waals surface area contributed by atoms with Gasteiger partial charge in [0.05, 0.1) is 57.5 Å². The molecule has 2 saturated carbocycles. The molecule has 5 rings (SSSR count). The molecule has 23 heteroatoms. The van der Waals surface area contributed by atoms with E-state index in [-0.39, 0.29) is 103 Å². The minimum absolute atomic E-state index is 0.0439. The first kappa shape index (κ1) is 96.0. The smallest absolute Gasteiger partial charge is 0.313 e. The quantitative estimate of drug-likeness (QED) is 0.0466. The van der Waals surface area contributed by atoms with E-state index in [9.17, 15) is 47.9 Å². The van der Waals surface area contributed by atoms with Gasteiger partial charge in [-0.3, -0.25) is 47.9 Å². The summed E-state index contributed by atoms with van der Waals surface area (Å²) in [5.41, 5.74) is -3.68. The highest BCUT2D eigenvalue weighted by atomic mass is 16.8. The van der Waals surface area contributed by atoms with Crippen molar-refractivity contribution in [1.82, 2.24) is 0 Å². The second-order valence-corrected chi connectivity index (χ2v) is 30.7. The van der Waals surface area contributed by atoms with Crippen molar-refractivity contribution in [2.45, 2.75) is 350 Å². The highest BCUT2D eigenvalue weighted by Gasteiger charge is 2.41. The number of carbonyl (C=O) groups excluding carboxylic acids is 10. The van der Waals surface area contributed by atoms with Crippen molar-refractivity contribution in [1.29, 1.82) is 0 Å². The summed E-state index contributed by atoms with van der Waals surface area (Å²) >= 11 is 0. The van der Waals surface area contributed by atoms with E-state index in [1.165, 1.54) is 7.11 Å². The first-order valence-corrected chi connectivity index (χ1v) is 36.3. The van der Waals surface area contributed by atoms with Crippen molar-refractivity contribution in [3.8, 4) is 0 Å². The summed E-state index contributed by atoms with van der Waals surface area (Å²) in [6.07, 6.45) is 14.2. The highest BCUT2D eigenvalue weighted by Crippen LogP contribution is 2.33. The maximum absolute atomic E-state index is 11.9. The summed E-state index contributed by atoms with van der Waals surface area (Å²) in [6, 6.07) is 0. The molecular weight excluding hydrogens is 1280 g/mol. The molecule has 0 aromatic carbocycles. The summed E-state index contributed by atoms with van der Waals surface area (Å²) in [7, 11) is 3.09. The average Bonchev–Trinajstić information content (AvgIpc) is 1.10. The van der Waals surface area contributed by atoms with Gasteiger partial charge < -0.3 is 61.6 Å². The van der Waals surface area contributed by atoms with Gasteiger partial charge in [0, 0.05) is 65.8 Å². The Morgan fingerprint density at radius 3 is 1.29 bits per heavy atom. The van der Waals surface area contributed by atoms with Crippen LogP contribution >= 0.6 is 0 Å².